The standard InChI is InChI=1S/C14H16O/c1-3-7-13(8-4-1)11-15-12-14-9-5-2-6-10-14/h1-9,14H,10-12H2. The lowest BCUT2D eigenvalue weighted by atomic mass is 10.0. The quantitative estimate of drug-likeness (QED) is 0.724. The zero-order valence-corrected chi connectivity index (χ0v) is 8.80. The molecule has 0 aromatic heterocycles. The van der Waals surface area contributed by atoms with Crippen LogP contribution in [0.1, 0.15) is 12.0 Å². The van der Waals surface area contributed by atoms with Gasteiger partial charge in [-0.15, -0.1) is 0 Å². The molecule has 0 aliphatic heterocycles. The van der Waals surface area contributed by atoms with Crippen LogP contribution in [-0.2, 0) is 11.3 Å². The van der Waals surface area contributed by atoms with Gasteiger partial charge in [0.1, 0.15) is 0 Å². The van der Waals surface area contributed by atoms with Gasteiger partial charge < -0.3 is 4.74 Å². The predicted molar refractivity (Wildman–Crippen MR) is 62.5 cm³/mol. The molecule has 15 heavy (non-hydrogen) atoms. The van der Waals surface area contributed by atoms with Crippen molar-refractivity contribution < 1.29 is 4.74 Å². The zero-order chi connectivity index (χ0) is 10.3. The van der Waals surface area contributed by atoms with Gasteiger partial charge in [-0.25, -0.2) is 0 Å². The summed E-state index contributed by atoms with van der Waals surface area (Å²) in [5.41, 5.74) is 1.24. The van der Waals surface area contributed by atoms with Gasteiger partial charge in [0.2, 0.25) is 0 Å². The first-order valence-electron chi connectivity index (χ1n) is 5.40. The highest BCUT2D eigenvalue weighted by molar-refractivity contribution is 5.13. The van der Waals surface area contributed by atoms with Gasteiger partial charge in [-0.2, -0.15) is 0 Å². The summed E-state index contributed by atoms with van der Waals surface area (Å²) in [5, 5.41) is 0. The molecule has 0 radical (unpaired) electrons. The topological polar surface area (TPSA) is 9.23 Å². The SMILES string of the molecule is C1=CCC(COCc2ccccc2)C=C1. The summed E-state index contributed by atoms with van der Waals surface area (Å²) in [5.74, 6) is 0.554. The summed E-state index contributed by atoms with van der Waals surface area (Å²) >= 11 is 0. The van der Waals surface area contributed by atoms with E-state index in [9.17, 15) is 0 Å². The molecule has 1 nitrogen and oxygen atoms in total. The fourth-order valence-electron chi connectivity index (χ4n) is 1.66. The van der Waals surface area contributed by atoms with E-state index in [1.54, 1.807) is 0 Å². The Morgan fingerprint density at radius 3 is 2.73 bits per heavy atom. The molecule has 0 heterocycles. The van der Waals surface area contributed by atoms with Crippen LogP contribution in [0.5, 0.6) is 0 Å². The lowest BCUT2D eigenvalue weighted by molar-refractivity contribution is 0.0999. The Labute approximate surface area is 91.1 Å². The summed E-state index contributed by atoms with van der Waals surface area (Å²) in [6.07, 6.45) is 9.70. The molecule has 0 N–H and O–H groups in total. The molecule has 2 rings (SSSR count). The highest BCUT2D eigenvalue weighted by atomic mass is 16.5. The number of hydrogen-bond donors (Lipinski definition) is 0. The van der Waals surface area contributed by atoms with Gasteiger partial charge in [0.05, 0.1) is 13.2 Å². The molecule has 1 heteroatoms. The van der Waals surface area contributed by atoms with Crippen molar-refractivity contribution >= 4 is 0 Å². The molecule has 1 aliphatic carbocycles. The number of rotatable bonds is 4. The van der Waals surface area contributed by atoms with E-state index in [4.69, 9.17) is 4.74 Å². The zero-order valence-electron chi connectivity index (χ0n) is 8.80. The van der Waals surface area contributed by atoms with Gasteiger partial charge in [-0.1, -0.05) is 54.6 Å². The highest BCUT2D eigenvalue weighted by Crippen LogP contribution is 2.12. The van der Waals surface area contributed by atoms with Gasteiger partial charge in [0, 0.05) is 5.92 Å². The van der Waals surface area contributed by atoms with E-state index < -0.39 is 0 Å². The van der Waals surface area contributed by atoms with Gasteiger partial charge in [0.15, 0.2) is 0 Å². The summed E-state index contributed by atoms with van der Waals surface area (Å²) in [4.78, 5) is 0. The molecule has 0 saturated heterocycles. The molecule has 0 saturated carbocycles. The first kappa shape index (κ1) is 10.2. The van der Waals surface area contributed by atoms with Crippen LogP contribution >= 0.6 is 0 Å². The molecule has 1 unspecified atom stereocenters. The average molecular weight is 200 g/mol. The second-order valence-corrected chi connectivity index (χ2v) is 3.81. The number of hydrogen-bond acceptors (Lipinski definition) is 1. The van der Waals surface area contributed by atoms with Gasteiger partial charge in [-0.3, -0.25) is 0 Å². The first-order valence-corrected chi connectivity index (χ1v) is 5.40. The predicted octanol–water partition coefficient (Wildman–Crippen LogP) is 3.34. The molecule has 0 fully saturated rings. The van der Waals surface area contributed by atoms with E-state index in [2.05, 4.69) is 36.4 Å². The van der Waals surface area contributed by atoms with Crippen LogP contribution in [0.4, 0.5) is 0 Å². The van der Waals surface area contributed by atoms with Crippen molar-refractivity contribution in [3.63, 3.8) is 0 Å². The Balaban J connectivity index is 1.71. The fraction of sp³-hybridized carbons (Fsp3) is 0.286. The van der Waals surface area contributed by atoms with E-state index in [0.717, 1.165) is 19.6 Å². The van der Waals surface area contributed by atoms with Crippen molar-refractivity contribution in [3.05, 3.63) is 60.2 Å². The third-order valence-corrected chi connectivity index (χ3v) is 2.51. The second kappa shape index (κ2) is 5.52. The van der Waals surface area contributed by atoms with E-state index >= 15 is 0 Å². The van der Waals surface area contributed by atoms with E-state index in [-0.39, 0.29) is 0 Å². The molecule has 0 bridgehead atoms. The Morgan fingerprint density at radius 2 is 2.00 bits per heavy atom. The third-order valence-electron chi connectivity index (χ3n) is 2.51. The molecular weight excluding hydrogens is 184 g/mol. The monoisotopic (exact) mass is 200 g/mol. The molecule has 78 valence electrons. The minimum atomic E-state index is 0.554. The Hall–Kier alpha value is -1.34. The van der Waals surface area contributed by atoms with Crippen molar-refractivity contribution in [1.82, 2.24) is 0 Å². The van der Waals surface area contributed by atoms with Crippen LogP contribution in [0.2, 0.25) is 0 Å². The fourth-order valence-corrected chi connectivity index (χ4v) is 1.66. The van der Waals surface area contributed by atoms with Gasteiger partial charge >= 0.3 is 0 Å². The van der Waals surface area contributed by atoms with E-state index in [0.29, 0.717) is 5.92 Å². The highest BCUT2D eigenvalue weighted by Gasteiger charge is 2.04. The van der Waals surface area contributed by atoms with Crippen molar-refractivity contribution in [2.24, 2.45) is 5.92 Å². The van der Waals surface area contributed by atoms with Gasteiger partial charge in [0.25, 0.3) is 0 Å². The Bertz CT molecular complexity index is 338. The molecule has 1 aromatic carbocycles. The smallest absolute Gasteiger partial charge is 0.0717 e. The van der Waals surface area contributed by atoms with Crippen molar-refractivity contribution in [2.75, 3.05) is 6.61 Å². The maximum absolute atomic E-state index is 5.67. The Kier molecular flexibility index (Phi) is 3.75. The minimum Gasteiger partial charge on any atom is -0.376 e. The van der Waals surface area contributed by atoms with Gasteiger partial charge in [-0.05, 0) is 12.0 Å². The van der Waals surface area contributed by atoms with Crippen LogP contribution in [0.25, 0.3) is 0 Å². The minimum absolute atomic E-state index is 0.554. The summed E-state index contributed by atoms with van der Waals surface area (Å²) in [7, 11) is 0. The van der Waals surface area contributed by atoms with Crippen molar-refractivity contribution in [2.45, 2.75) is 13.0 Å². The normalized spacial score (nSPS) is 19.3. The Morgan fingerprint density at radius 1 is 1.13 bits per heavy atom. The van der Waals surface area contributed by atoms with Crippen LogP contribution in [-0.4, -0.2) is 6.61 Å². The maximum atomic E-state index is 5.67. The van der Waals surface area contributed by atoms with Crippen LogP contribution in [0, 0.1) is 5.92 Å². The number of ether oxygens (including phenoxy) is 1. The molecule has 0 amide bonds. The van der Waals surface area contributed by atoms with Crippen LogP contribution in [0.3, 0.4) is 0 Å². The first-order chi connectivity index (χ1) is 7.45. The van der Waals surface area contributed by atoms with E-state index in [1.165, 1.54) is 5.56 Å². The maximum Gasteiger partial charge on any atom is 0.0717 e. The average Bonchev–Trinajstić information content (AvgIpc) is 2.32. The number of benzene rings is 1. The lowest BCUT2D eigenvalue weighted by Crippen LogP contribution is -2.07. The molecule has 0 spiro atoms. The molecule has 1 atom stereocenters. The van der Waals surface area contributed by atoms with Crippen LogP contribution in [0.15, 0.2) is 54.6 Å². The molecular formula is C14H16O. The largest absolute Gasteiger partial charge is 0.376 e. The third kappa shape index (κ3) is 3.37. The van der Waals surface area contributed by atoms with E-state index in [1.807, 2.05) is 18.2 Å². The number of allylic oxidation sites excluding steroid dienone is 3. The summed E-state index contributed by atoms with van der Waals surface area (Å²) in [6.45, 7) is 1.53. The molecule has 1 aromatic rings. The van der Waals surface area contributed by atoms with Crippen LogP contribution < -0.4 is 0 Å². The van der Waals surface area contributed by atoms with Crippen molar-refractivity contribution in [3.8, 4) is 0 Å². The second-order valence-electron chi connectivity index (χ2n) is 3.81. The van der Waals surface area contributed by atoms with Crippen molar-refractivity contribution in [1.29, 1.82) is 0 Å². The molecule has 1 aliphatic rings. The lowest BCUT2D eigenvalue weighted by Gasteiger charge is -2.13. The summed E-state index contributed by atoms with van der Waals surface area (Å²) in [6, 6.07) is 10.3. The summed E-state index contributed by atoms with van der Waals surface area (Å²) < 4.78 is 5.67.